The van der Waals surface area contributed by atoms with Crippen molar-refractivity contribution < 1.29 is 14.4 Å². The molecule has 1 saturated heterocycles. The number of nitrogens with zero attached hydrogens (tertiary/aromatic N) is 1. The van der Waals surface area contributed by atoms with Gasteiger partial charge in [-0.1, -0.05) is 30.3 Å². The summed E-state index contributed by atoms with van der Waals surface area (Å²) in [5.74, 6) is -0.394. The first kappa shape index (κ1) is 19.2. The number of benzene rings is 1. The summed E-state index contributed by atoms with van der Waals surface area (Å²) in [6.07, 6.45) is 3.98. The fraction of sp³-hybridized carbons (Fsp3) is 0.571. The van der Waals surface area contributed by atoms with E-state index in [4.69, 9.17) is 11.6 Å². The normalized spacial score (nSPS) is 29.3. The molecule has 7 heteroatoms. The summed E-state index contributed by atoms with van der Waals surface area (Å²) >= 11 is 5.61. The Kier molecular flexibility index (Phi) is 5.32. The number of alkyl halides is 1. The number of likely N-dealkylation sites (tertiary alicyclic amines) is 1. The van der Waals surface area contributed by atoms with Gasteiger partial charge in [0.25, 0.3) is 0 Å². The maximum absolute atomic E-state index is 12.7. The number of carbonyl (C=O) groups is 3. The van der Waals surface area contributed by atoms with Crippen molar-refractivity contribution in [2.45, 2.75) is 49.6 Å². The van der Waals surface area contributed by atoms with Crippen molar-refractivity contribution in [2.24, 2.45) is 5.92 Å². The number of rotatable bonds is 7. The molecule has 1 heterocycles. The van der Waals surface area contributed by atoms with E-state index in [1.54, 1.807) is 0 Å². The van der Waals surface area contributed by atoms with Crippen molar-refractivity contribution in [1.29, 1.82) is 0 Å². The lowest BCUT2D eigenvalue weighted by atomic mass is 9.61. The van der Waals surface area contributed by atoms with Gasteiger partial charge in [0.1, 0.15) is 5.88 Å². The molecule has 2 aliphatic carbocycles. The van der Waals surface area contributed by atoms with Crippen molar-refractivity contribution in [3.05, 3.63) is 35.9 Å². The average Bonchev–Trinajstić information content (AvgIpc) is 3.45. The summed E-state index contributed by atoms with van der Waals surface area (Å²) in [7, 11) is 0. The van der Waals surface area contributed by atoms with E-state index in [-0.39, 0.29) is 41.0 Å². The van der Waals surface area contributed by atoms with Gasteiger partial charge in [-0.25, -0.2) is 0 Å². The Bertz CT molecular complexity index is 759. The third-order valence-corrected chi connectivity index (χ3v) is 6.51. The second-order valence-electron chi connectivity index (χ2n) is 8.35. The van der Waals surface area contributed by atoms with Crippen LogP contribution in [0.25, 0.3) is 0 Å². The molecule has 0 spiro atoms. The molecule has 6 nitrogen and oxygen atoms in total. The molecule has 0 radical (unpaired) electrons. The minimum atomic E-state index is -0.240. The van der Waals surface area contributed by atoms with E-state index < -0.39 is 0 Å². The first-order valence-corrected chi connectivity index (χ1v) is 10.5. The highest BCUT2D eigenvalue weighted by molar-refractivity contribution is 6.27. The van der Waals surface area contributed by atoms with Crippen LogP contribution in [0, 0.1) is 5.92 Å². The molecule has 150 valence electrons. The van der Waals surface area contributed by atoms with E-state index in [1.807, 2.05) is 23.1 Å². The Balaban J connectivity index is 1.35. The highest BCUT2D eigenvalue weighted by Gasteiger charge is 2.48. The molecule has 2 N–H and O–H groups in total. The lowest BCUT2D eigenvalue weighted by Crippen LogP contribution is -2.58. The second kappa shape index (κ2) is 7.74. The van der Waals surface area contributed by atoms with Gasteiger partial charge in [-0.05, 0) is 31.2 Å². The molecule has 1 unspecified atom stereocenters. The quantitative estimate of drug-likeness (QED) is 0.678. The van der Waals surface area contributed by atoms with Crippen LogP contribution >= 0.6 is 11.6 Å². The number of amides is 3. The first-order chi connectivity index (χ1) is 13.5. The molecular weight excluding hydrogens is 378 g/mol. The molecule has 1 aliphatic heterocycles. The predicted molar refractivity (Wildman–Crippen MR) is 106 cm³/mol. The highest BCUT2D eigenvalue weighted by Crippen LogP contribution is 2.44. The lowest BCUT2D eigenvalue weighted by Gasteiger charge is -2.48. The number of hydrogen-bond donors (Lipinski definition) is 2. The van der Waals surface area contributed by atoms with Gasteiger partial charge in [-0.3, -0.25) is 14.4 Å². The van der Waals surface area contributed by atoms with E-state index in [2.05, 4.69) is 22.8 Å². The van der Waals surface area contributed by atoms with E-state index in [1.165, 1.54) is 0 Å². The van der Waals surface area contributed by atoms with Crippen LogP contribution in [-0.2, 0) is 19.8 Å². The molecular formula is C21H26ClN3O3. The molecule has 0 aromatic heterocycles. The summed E-state index contributed by atoms with van der Waals surface area (Å²) in [4.78, 5) is 38.3. The topological polar surface area (TPSA) is 78.5 Å². The van der Waals surface area contributed by atoms with E-state index in [0.29, 0.717) is 25.6 Å². The van der Waals surface area contributed by atoms with Crippen molar-refractivity contribution in [3.8, 4) is 0 Å². The molecule has 0 bridgehead atoms. The van der Waals surface area contributed by atoms with Crippen molar-refractivity contribution >= 4 is 29.3 Å². The maximum atomic E-state index is 12.7. The van der Waals surface area contributed by atoms with Crippen LogP contribution < -0.4 is 10.6 Å². The van der Waals surface area contributed by atoms with Gasteiger partial charge in [-0.2, -0.15) is 0 Å². The molecule has 1 atom stereocenters. The number of nitrogens with one attached hydrogen (secondary N) is 2. The average molecular weight is 404 g/mol. The molecule has 4 rings (SSSR count). The van der Waals surface area contributed by atoms with Crippen LogP contribution in [0.2, 0.25) is 0 Å². The van der Waals surface area contributed by atoms with E-state index in [9.17, 15) is 14.4 Å². The third kappa shape index (κ3) is 3.88. The maximum Gasteiger partial charge on any atom is 0.234 e. The van der Waals surface area contributed by atoms with Crippen molar-refractivity contribution in [1.82, 2.24) is 15.5 Å². The van der Waals surface area contributed by atoms with Crippen molar-refractivity contribution in [3.63, 3.8) is 0 Å². The Hall–Kier alpha value is -2.08. The predicted octanol–water partition coefficient (Wildman–Crippen LogP) is 1.57. The summed E-state index contributed by atoms with van der Waals surface area (Å²) in [6.45, 7) is 1.06. The van der Waals surface area contributed by atoms with Crippen molar-refractivity contribution in [2.75, 3.05) is 19.0 Å². The standard InChI is InChI=1S/C21H26ClN3O3/c22-11-18(26)23-13-21(15-4-2-1-3-5-15)9-16(10-21)24-20(28)14-8-19(27)25(12-14)17-6-7-17/h1-5,14,16-17H,6-13H2,(H,23,26)(H,24,28). The smallest absolute Gasteiger partial charge is 0.234 e. The third-order valence-electron chi connectivity index (χ3n) is 6.27. The van der Waals surface area contributed by atoms with E-state index >= 15 is 0 Å². The molecule has 1 aromatic carbocycles. The second-order valence-corrected chi connectivity index (χ2v) is 8.62. The van der Waals surface area contributed by atoms with Gasteiger partial charge in [-0.15, -0.1) is 11.6 Å². The van der Waals surface area contributed by atoms with Crippen LogP contribution in [0.4, 0.5) is 0 Å². The molecule has 2 saturated carbocycles. The van der Waals surface area contributed by atoms with Gasteiger partial charge in [0.2, 0.25) is 17.7 Å². The zero-order chi connectivity index (χ0) is 19.7. The van der Waals surface area contributed by atoms with Crippen LogP contribution in [0.1, 0.15) is 37.7 Å². The number of hydrogen-bond acceptors (Lipinski definition) is 3. The van der Waals surface area contributed by atoms with Gasteiger partial charge < -0.3 is 15.5 Å². The van der Waals surface area contributed by atoms with Gasteiger partial charge in [0.05, 0.1) is 5.92 Å². The molecule has 3 aliphatic rings. The zero-order valence-corrected chi connectivity index (χ0v) is 16.6. The zero-order valence-electron chi connectivity index (χ0n) is 15.8. The highest BCUT2D eigenvalue weighted by atomic mass is 35.5. The molecule has 3 fully saturated rings. The monoisotopic (exact) mass is 403 g/mol. The molecule has 1 aromatic rings. The first-order valence-electron chi connectivity index (χ1n) is 9.99. The SMILES string of the molecule is O=C(CCl)NCC1(c2ccccc2)CC(NC(=O)C2CC(=O)N(C3CC3)C2)C1. The fourth-order valence-electron chi connectivity index (χ4n) is 4.54. The van der Waals surface area contributed by atoms with Gasteiger partial charge >= 0.3 is 0 Å². The largest absolute Gasteiger partial charge is 0.354 e. The van der Waals surface area contributed by atoms with E-state index in [0.717, 1.165) is 31.2 Å². The van der Waals surface area contributed by atoms with Gasteiger partial charge in [0.15, 0.2) is 0 Å². The Labute approximate surface area is 170 Å². The summed E-state index contributed by atoms with van der Waals surface area (Å²) in [6, 6.07) is 10.5. The number of carbonyl (C=O) groups excluding carboxylic acids is 3. The fourth-order valence-corrected chi connectivity index (χ4v) is 4.63. The molecule has 28 heavy (non-hydrogen) atoms. The Morgan fingerprint density at radius 1 is 1.18 bits per heavy atom. The summed E-state index contributed by atoms with van der Waals surface area (Å²) < 4.78 is 0. The number of halogens is 1. The summed E-state index contributed by atoms with van der Waals surface area (Å²) in [5, 5.41) is 6.03. The van der Waals surface area contributed by atoms with Crippen LogP contribution in [0.5, 0.6) is 0 Å². The van der Waals surface area contributed by atoms with Crippen LogP contribution in [-0.4, -0.2) is 53.7 Å². The molecule has 3 amide bonds. The minimum absolute atomic E-state index is 0.0204. The Morgan fingerprint density at radius 3 is 2.54 bits per heavy atom. The van der Waals surface area contributed by atoms with Crippen LogP contribution in [0.15, 0.2) is 30.3 Å². The summed E-state index contributed by atoms with van der Waals surface area (Å²) in [5.41, 5.74) is 0.971. The Morgan fingerprint density at radius 2 is 1.89 bits per heavy atom. The van der Waals surface area contributed by atoms with Crippen LogP contribution in [0.3, 0.4) is 0 Å². The minimum Gasteiger partial charge on any atom is -0.354 e. The lowest BCUT2D eigenvalue weighted by molar-refractivity contribution is -0.129. The van der Waals surface area contributed by atoms with Gasteiger partial charge in [0, 0.05) is 37.0 Å².